The van der Waals surface area contributed by atoms with Crippen LogP contribution >= 0.6 is 34.8 Å². The number of rotatable bonds is 3. The lowest BCUT2D eigenvalue weighted by Crippen LogP contribution is -2.12. The Kier molecular flexibility index (Phi) is 4.19. The molecule has 0 aromatic heterocycles. The standard InChI is InChI=1S/C14H13IN2S/c1-9-6-7-12(10(8-9)14(16)18)17-13-5-3-2-4-11(13)15/h2-8,17H,1H3,(H2,16,18). The molecule has 92 valence electrons. The van der Waals surface area contributed by atoms with Crippen molar-refractivity contribution in [1.29, 1.82) is 0 Å². The van der Waals surface area contributed by atoms with Gasteiger partial charge in [0.15, 0.2) is 0 Å². The van der Waals surface area contributed by atoms with Crippen molar-refractivity contribution in [2.75, 3.05) is 5.32 Å². The molecule has 0 fully saturated rings. The summed E-state index contributed by atoms with van der Waals surface area (Å²) in [4.78, 5) is 0.409. The molecule has 0 radical (unpaired) electrons. The summed E-state index contributed by atoms with van der Waals surface area (Å²) in [6.45, 7) is 2.03. The van der Waals surface area contributed by atoms with Crippen LogP contribution in [0.2, 0.25) is 0 Å². The van der Waals surface area contributed by atoms with Gasteiger partial charge in [-0.3, -0.25) is 0 Å². The summed E-state index contributed by atoms with van der Waals surface area (Å²) in [5, 5.41) is 3.37. The fraction of sp³-hybridized carbons (Fsp3) is 0.0714. The number of aryl methyl sites for hydroxylation is 1. The number of para-hydroxylation sites is 1. The summed E-state index contributed by atoms with van der Waals surface area (Å²) in [5.74, 6) is 0. The van der Waals surface area contributed by atoms with E-state index in [0.29, 0.717) is 4.99 Å². The number of anilines is 2. The molecule has 0 bridgehead atoms. The van der Waals surface area contributed by atoms with Crippen molar-refractivity contribution < 1.29 is 0 Å². The third-order valence-electron chi connectivity index (χ3n) is 2.58. The SMILES string of the molecule is Cc1ccc(Nc2ccccc2I)c(C(N)=S)c1. The molecule has 2 rings (SSSR count). The van der Waals surface area contributed by atoms with Gasteiger partial charge in [-0.15, -0.1) is 0 Å². The summed E-state index contributed by atoms with van der Waals surface area (Å²) in [6.07, 6.45) is 0. The average Bonchev–Trinajstić information content (AvgIpc) is 2.34. The molecule has 0 spiro atoms. The Balaban J connectivity index is 2.41. The molecule has 2 nitrogen and oxygen atoms in total. The Bertz CT molecular complexity index is 596. The van der Waals surface area contributed by atoms with Gasteiger partial charge in [0, 0.05) is 14.8 Å². The first-order valence-electron chi connectivity index (χ1n) is 5.50. The van der Waals surface area contributed by atoms with E-state index in [1.807, 2.05) is 43.3 Å². The molecule has 2 aromatic carbocycles. The topological polar surface area (TPSA) is 38.0 Å². The lowest BCUT2D eigenvalue weighted by atomic mass is 10.1. The molecule has 0 atom stereocenters. The van der Waals surface area contributed by atoms with Crippen LogP contribution in [0.3, 0.4) is 0 Å². The number of nitrogens with one attached hydrogen (secondary N) is 1. The van der Waals surface area contributed by atoms with Gasteiger partial charge >= 0.3 is 0 Å². The second kappa shape index (κ2) is 5.67. The Morgan fingerprint density at radius 1 is 1.17 bits per heavy atom. The summed E-state index contributed by atoms with van der Waals surface area (Å²) < 4.78 is 1.16. The lowest BCUT2D eigenvalue weighted by molar-refractivity contribution is 1.43. The summed E-state index contributed by atoms with van der Waals surface area (Å²) >= 11 is 7.39. The first-order chi connectivity index (χ1) is 8.58. The molecule has 0 heterocycles. The van der Waals surface area contributed by atoms with Gasteiger partial charge in [0.25, 0.3) is 0 Å². The molecular weight excluding hydrogens is 355 g/mol. The van der Waals surface area contributed by atoms with Crippen LogP contribution in [-0.2, 0) is 0 Å². The van der Waals surface area contributed by atoms with Crippen LogP contribution < -0.4 is 11.1 Å². The highest BCUT2D eigenvalue weighted by atomic mass is 127. The van der Waals surface area contributed by atoms with Crippen LogP contribution in [0.1, 0.15) is 11.1 Å². The molecule has 0 aliphatic heterocycles. The van der Waals surface area contributed by atoms with Crippen molar-refractivity contribution in [2.24, 2.45) is 5.73 Å². The van der Waals surface area contributed by atoms with Crippen LogP contribution in [0.15, 0.2) is 42.5 Å². The number of hydrogen-bond donors (Lipinski definition) is 2. The van der Waals surface area contributed by atoms with E-state index in [-0.39, 0.29) is 0 Å². The number of halogens is 1. The van der Waals surface area contributed by atoms with Crippen molar-refractivity contribution in [3.8, 4) is 0 Å². The molecule has 0 saturated heterocycles. The van der Waals surface area contributed by atoms with Crippen LogP contribution in [0, 0.1) is 10.5 Å². The largest absolute Gasteiger partial charge is 0.389 e. The average molecular weight is 368 g/mol. The van der Waals surface area contributed by atoms with Gasteiger partial charge in [-0.25, -0.2) is 0 Å². The predicted octanol–water partition coefficient (Wildman–Crippen LogP) is 3.98. The van der Waals surface area contributed by atoms with E-state index in [4.69, 9.17) is 18.0 Å². The van der Waals surface area contributed by atoms with Gasteiger partial charge < -0.3 is 11.1 Å². The second-order valence-corrected chi connectivity index (χ2v) is 5.62. The third kappa shape index (κ3) is 3.00. The first kappa shape index (κ1) is 13.3. The summed E-state index contributed by atoms with van der Waals surface area (Å²) in [6, 6.07) is 14.1. The molecule has 18 heavy (non-hydrogen) atoms. The third-order valence-corrected chi connectivity index (χ3v) is 3.74. The van der Waals surface area contributed by atoms with E-state index in [9.17, 15) is 0 Å². The second-order valence-electron chi connectivity index (χ2n) is 4.02. The minimum atomic E-state index is 0.409. The van der Waals surface area contributed by atoms with Crippen molar-refractivity contribution in [1.82, 2.24) is 0 Å². The molecule has 0 saturated carbocycles. The zero-order valence-corrected chi connectivity index (χ0v) is 12.9. The van der Waals surface area contributed by atoms with Gasteiger partial charge in [-0.1, -0.05) is 36.0 Å². The van der Waals surface area contributed by atoms with E-state index < -0.39 is 0 Å². The van der Waals surface area contributed by atoms with Crippen LogP contribution in [-0.4, -0.2) is 4.99 Å². The van der Waals surface area contributed by atoms with Gasteiger partial charge in [-0.05, 0) is 53.8 Å². The lowest BCUT2D eigenvalue weighted by Gasteiger charge is -2.13. The molecule has 0 aliphatic carbocycles. The predicted molar refractivity (Wildman–Crippen MR) is 89.5 cm³/mol. The van der Waals surface area contributed by atoms with E-state index in [1.54, 1.807) is 0 Å². The maximum Gasteiger partial charge on any atom is 0.106 e. The smallest absolute Gasteiger partial charge is 0.106 e. The highest BCUT2D eigenvalue weighted by molar-refractivity contribution is 14.1. The molecular formula is C14H13IN2S. The molecule has 3 N–H and O–H groups in total. The molecule has 4 heteroatoms. The fourth-order valence-electron chi connectivity index (χ4n) is 1.68. The summed E-state index contributed by atoms with van der Waals surface area (Å²) in [7, 11) is 0. The number of nitrogens with two attached hydrogens (primary N) is 1. The van der Waals surface area contributed by atoms with E-state index in [1.165, 1.54) is 0 Å². The Labute approximate surface area is 126 Å². The molecule has 2 aromatic rings. The van der Waals surface area contributed by atoms with Crippen LogP contribution in [0.4, 0.5) is 11.4 Å². The highest BCUT2D eigenvalue weighted by Crippen LogP contribution is 2.25. The van der Waals surface area contributed by atoms with Crippen molar-refractivity contribution in [3.05, 3.63) is 57.2 Å². The Morgan fingerprint density at radius 2 is 1.89 bits per heavy atom. The van der Waals surface area contributed by atoms with Crippen molar-refractivity contribution >= 4 is 51.2 Å². The zero-order valence-electron chi connectivity index (χ0n) is 9.91. The van der Waals surface area contributed by atoms with Crippen molar-refractivity contribution in [3.63, 3.8) is 0 Å². The number of hydrogen-bond acceptors (Lipinski definition) is 2. The van der Waals surface area contributed by atoms with Gasteiger partial charge in [0.1, 0.15) is 4.99 Å². The summed E-state index contributed by atoms with van der Waals surface area (Å²) in [5.41, 5.74) is 9.79. The maximum absolute atomic E-state index is 5.76. The van der Waals surface area contributed by atoms with E-state index in [0.717, 1.165) is 26.1 Å². The molecule has 0 aliphatic rings. The normalized spacial score (nSPS) is 10.1. The van der Waals surface area contributed by atoms with Gasteiger partial charge in [-0.2, -0.15) is 0 Å². The number of thiocarbonyl (C=S) groups is 1. The highest BCUT2D eigenvalue weighted by Gasteiger charge is 2.07. The van der Waals surface area contributed by atoms with E-state index >= 15 is 0 Å². The zero-order chi connectivity index (χ0) is 13.1. The van der Waals surface area contributed by atoms with Crippen LogP contribution in [0.25, 0.3) is 0 Å². The monoisotopic (exact) mass is 368 g/mol. The number of benzene rings is 2. The van der Waals surface area contributed by atoms with Gasteiger partial charge in [0.05, 0.1) is 5.69 Å². The van der Waals surface area contributed by atoms with Crippen molar-refractivity contribution in [2.45, 2.75) is 6.92 Å². The minimum absolute atomic E-state index is 0.409. The Hall–Kier alpha value is -1.14. The first-order valence-corrected chi connectivity index (χ1v) is 6.98. The van der Waals surface area contributed by atoms with Crippen LogP contribution in [0.5, 0.6) is 0 Å². The molecule has 0 amide bonds. The fourth-order valence-corrected chi connectivity index (χ4v) is 2.37. The molecule has 0 unspecified atom stereocenters. The van der Waals surface area contributed by atoms with E-state index in [2.05, 4.69) is 34.0 Å². The maximum atomic E-state index is 5.76. The Morgan fingerprint density at radius 3 is 2.56 bits per heavy atom. The minimum Gasteiger partial charge on any atom is -0.389 e. The van der Waals surface area contributed by atoms with Gasteiger partial charge in [0.2, 0.25) is 0 Å². The quantitative estimate of drug-likeness (QED) is 0.636.